The monoisotopic (exact) mass is 467 g/mol. The maximum atomic E-state index is 12.5. The van der Waals surface area contributed by atoms with Crippen molar-refractivity contribution >= 4 is 16.2 Å². The molecule has 0 aromatic heterocycles. The van der Waals surface area contributed by atoms with Crippen molar-refractivity contribution in [1.82, 2.24) is 5.32 Å². The first-order valence-corrected chi connectivity index (χ1v) is 11.2. The summed E-state index contributed by atoms with van der Waals surface area (Å²) in [5.41, 5.74) is 0.878. The average molecular weight is 467 g/mol. The molecule has 1 amide bonds. The van der Waals surface area contributed by atoms with Crippen LogP contribution >= 0.6 is 0 Å². The van der Waals surface area contributed by atoms with Crippen LogP contribution in [0.25, 0.3) is 0 Å². The number of alkyl carbamates (subject to hydrolysis) is 1. The topological polar surface area (TPSA) is 141 Å². The number of hydrogen-bond acceptors (Lipinski definition) is 9. The van der Waals surface area contributed by atoms with E-state index in [9.17, 15) is 23.4 Å². The van der Waals surface area contributed by atoms with Crippen molar-refractivity contribution in [2.24, 2.45) is 0 Å². The Bertz CT molecular complexity index is 998. The molecule has 1 saturated heterocycles. The van der Waals surface area contributed by atoms with Crippen LogP contribution in [0.2, 0.25) is 0 Å². The highest BCUT2D eigenvalue weighted by Crippen LogP contribution is 2.26. The quantitative estimate of drug-likeness (QED) is 0.508. The molecule has 32 heavy (non-hydrogen) atoms. The largest absolute Gasteiger partial charge is 0.463 e. The van der Waals surface area contributed by atoms with Gasteiger partial charge in [0, 0.05) is 0 Å². The highest BCUT2D eigenvalue weighted by Gasteiger charge is 2.47. The summed E-state index contributed by atoms with van der Waals surface area (Å²) < 4.78 is 46.0. The lowest BCUT2D eigenvalue weighted by Crippen LogP contribution is -2.65. The van der Waals surface area contributed by atoms with Crippen LogP contribution in [0, 0.1) is 6.92 Å². The van der Waals surface area contributed by atoms with Gasteiger partial charge < -0.3 is 29.7 Å². The van der Waals surface area contributed by atoms with Crippen molar-refractivity contribution in [1.29, 1.82) is 0 Å². The summed E-state index contributed by atoms with van der Waals surface area (Å²) in [7, 11) is -2.99. The second-order valence-corrected chi connectivity index (χ2v) is 8.78. The van der Waals surface area contributed by atoms with Gasteiger partial charge >= 0.3 is 6.09 Å². The molecule has 2 aromatic carbocycles. The lowest BCUT2D eigenvalue weighted by Gasteiger charge is -2.42. The summed E-state index contributed by atoms with van der Waals surface area (Å²) in [5, 5.41) is 23.4. The molecule has 1 aliphatic heterocycles. The molecule has 2 aromatic rings. The van der Waals surface area contributed by atoms with E-state index in [0.29, 0.717) is 5.75 Å². The molecular weight excluding hydrogens is 442 g/mol. The molecule has 3 N–H and O–H groups in total. The number of benzene rings is 2. The fourth-order valence-electron chi connectivity index (χ4n) is 3.08. The van der Waals surface area contributed by atoms with Crippen molar-refractivity contribution in [3.05, 3.63) is 60.2 Å². The van der Waals surface area contributed by atoms with Crippen LogP contribution in [-0.2, 0) is 23.8 Å². The SMILES string of the molecule is COC(=O)N[C@H]1[C@@H](Oc2ccccc2)O[C@H](COS(=O)(=O)c2ccc(C)cc2)[C@@H](O)[C@@H]1O. The number of methoxy groups -OCH3 is 1. The van der Waals surface area contributed by atoms with Crippen molar-refractivity contribution in [3.8, 4) is 5.75 Å². The minimum Gasteiger partial charge on any atom is -0.463 e. The van der Waals surface area contributed by atoms with Crippen LogP contribution in [0.15, 0.2) is 59.5 Å². The third-order valence-corrected chi connectivity index (χ3v) is 6.16. The Kier molecular flexibility index (Phi) is 7.69. The van der Waals surface area contributed by atoms with Crippen LogP contribution in [0.1, 0.15) is 5.56 Å². The second-order valence-electron chi connectivity index (χ2n) is 7.17. The maximum Gasteiger partial charge on any atom is 0.407 e. The Morgan fingerprint density at radius 1 is 1.06 bits per heavy atom. The third kappa shape index (κ3) is 5.75. The first-order valence-electron chi connectivity index (χ1n) is 9.75. The molecule has 1 heterocycles. The van der Waals surface area contributed by atoms with E-state index in [2.05, 4.69) is 10.1 Å². The summed E-state index contributed by atoms with van der Waals surface area (Å²) in [6, 6.07) is 13.3. The predicted octanol–water partition coefficient (Wildman–Crippen LogP) is 0.951. The van der Waals surface area contributed by atoms with E-state index in [1.54, 1.807) is 42.5 Å². The van der Waals surface area contributed by atoms with Crippen LogP contribution in [0.4, 0.5) is 4.79 Å². The smallest absolute Gasteiger partial charge is 0.407 e. The zero-order valence-corrected chi connectivity index (χ0v) is 18.3. The van der Waals surface area contributed by atoms with Gasteiger partial charge in [0.1, 0.15) is 30.1 Å². The minimum atomic E-state index is -4.13. The molecule has 3 rings (SSSR count). The van der Waals surface area contributed by atoms with E-state index >= 15 is 0 Å². The van der Waals surface area contributed by atoms with Crippen LogP contribution in [0.3, 0.4) is 0 Å². The van der Waals surface area contributed by atoms with Gasteiger partial charge in [-0.1, -0.05) is 35.9 Å². The number of ether oxygens (including phenoxy) is 3. The van der Waals surface area contributed by atoms with Gasteiger partial charge in [-0.15, -0.1) is 0 Å². The van der Waals surface area contributed by atoms with Gasteiger partial charge in [-0.05, 0) is 31.2 Å². The number of aliphatic hydroxyl groups is 2. The summed E-state index contributed by atoms with van der Waals surface area (Å²) >= 11 is 0. The Labute approximate surface area is 185 Å². The summed E-state index contributed by atoms with van der Waals surface area (Å²) in [4.78, 5) is 11.6. The zero-order valence-electron chi connectivity index (χ0n) is 17.5. The Hall–Kier alpha value is -2.70. The molecule has 1 aliphatic rings. The van der Waals surface area contributed by atoms with Gasteiger partial charge in [-0.25, -0.2) is 4.79 Å². The van der Waals surface area contributed by atoms with E-state index in [0.717, 1.165) is 12.7 Å². The predicted molar refractivity (Wildman–Crippen MR) is 111 cm³/mol. The molecule has 0 unspecified atom stereocenters. The second kappa shape index (κ2) is 10.3. The number of para-hydroxylation sites is 1. The minimum absolute atomic E-state index is 0.0590. The fraction of sp³-hybridized carbons (Fsp3) is 0.381. The standard InChI is InChI=1S/C21H25NO9S/c1-13-8-10-15(11-9-13)32(26,27)29-12-16-18(23)19(24)17(22-21(25)28-2)20(31-16)30-14-6-4-3-5-7-14/h3-11,16-20,23-24H,12H2,1-2H3,(H,22,25)/t16-,17-,18-,19-,20+/m1/s1. The van der Waals surface area contributed by atoms with Gasteiger partial charge in [0.2, 0.25) is 6.29 Å². The van der Waals surface area contributed by atoms with Gasteiger partial charge in [-0.2, -0.15) is 8.42 Å². The van der Waals surface area contributed by atoms with Crippen LogP contribution in [0.5, 0.6) is 5.75 Å². The van der Waals surface area contributed by atoms with E-state index in [1.807, 2.05) is 6.92 Å². The van der Waals surface area contributed by atoms with Crippen molar-refractivity contribution in [3.63, 3.8) is 0 Å². The van der Waals surface area contributed by atoms with Gasteiger partial charge in [0.05, 0.1) is 18.6 Å². The Morgan fingerprint density at radius 2 is 1.72 bits per heavy atom. The fourth-order valence-corrected chi connectivity index (χ4v) is 4.00. The van der Waals surface area contributed by atoms with Crippen LogP contribution in [-0.4, -0.2) is 69.1 Å². The van der Waals surface area contributed by atoms with E-state index in [-0.39, 0.29) is 4.90 Å². The number of aryl methyl sites for hydroxylation is 1. The molecule has 0 spiro atoms. The normalized spacial score (nSPS) is 25.7. The number of aliphatic hydroxyl groups excluding tert-OH is 2. The Balaban J connectivity index is 1.76. The van der Waals surface area contributed by atoms with Crippen molar-refractivity contribution < 1.29 is 41.8 Å². The van der Waals surface area contributed by atoms with Crippen molar-refractivity contribution in [2.45, 2.75) is 42.5 Å². The third-order valence-electron chi connectivity index (χ3n) is 4.86. The lowest BCUT2D eigenvalue weighted by molar-refractivity contribution is -0.241. The van der Waals surface area contributed by atoms with E-state index < -0.39 is 53.5 Å². The molecule has 1 fully saturated rings. The number of carbonyl (C=O) groups excluding carboxylic acids is 1. The molecule has 0 radical (unpaired) electrons. The average Bonchev–Trinajstić information content (AvgIpc) is 2.78. The highest BCUT2D eigenvalue weighted by atomic mass is 32.2. The van der Waals surface area contributed by atoms with E-state index in [1.165, 1.54) is 12.1 Å². The summed E-state index contributed by atoms with van der Waals surface area (Å²) in [5.74, 6) is 0.365. The number of amides is 1. The van der Waals surface area contributed by atoms with E-state index in [4.69, 9.17) is 13.7 Å². The van der Waals surface area contributed by atoms with Crippen LogP contribution < -0.4 is 10.1 Å². The summed E-state index contributed by atoms with van der Waals surface area (Å²) in [6.45, 7) is 1.23. The van der Waals surface area contributed by atoms with Gasteiger partial charge in [-0.3, -0.25) is 4.18 Å². The number of nitrogens with one attached hydrogen (secondary N) is 1. The molecular formula is C21H25NO9S. The first-order chi connectivity index (χ1) is 15.2. The Morgan fingerprint density at radius 3 is 2.34 bits per heavy atom. The zero-order chi connectivity index (χ0) is 23.3. The molecule has 10 nitrogen and oxygen atoms in total. The molecule has 5 atom stereocenters. The molecule has 0 bridgehead atoms. The number of rotatable bonds is 7. The molecule has 11 heteroatoms. The molecule has 174 valence electrons. The molecule has 0 aliphatic carbocycles. The summed E-state index contributed by atoms with van der Waals surface area (Å²) in [6.07, 6.45) is -6.56. The maximum absolute atomic E-state index is 12.5. The number of carbonyl (C=O) groups is 1. The number of hydrogen-bond donors (Lipinski definition) is 3. The van der Waals surface area contributed by atoms with Gasteiger partial charge in [0.25, 0.3) is 10.1 Å². The lowest BCUT2D eigenvalue weighted by atomic mass is 9.97. The highest BCUT2D eigenvalue weighted by molar-refractivity contribution is 7.86. The molecule has 0 saturated carbocycles. The first kappa shape index (κ1) is 24.0. The van der Waals surface area contributed by atoms with Crippen molar-refractivity contribution in [2.75, 3.05) is 13.7 Å². The van der Waals surface area contributed by atoms with Gasteiger partial charge in [0.15, 0.2) is 0 Å².